The van der Waals surface area contributed by atoms with Gasteiger partial charge in [0, 0.05) is 10.9 Å². The summed E-state index contributed by atoms with van der Waals surface area (Å²) in [5, 5.41) is 18.6. The van der Waals surface area contributed by atoms with E-state index in [0.717, 1.165) is 35.8 Å². The van der Waals surface area contributed by atoms with Gasteiger partial charge in [-0.05, 0) is 53.7 Å². The SMILES string of the molecule is CC(C)(C)[C@H]1CCc2c(sc(NC(=O)c3cc4nc(-c5cccs5)cc(C(F)(F)F)n4n3)c2C#N)C1. The lowest BCUT2D eigenvalue weighted by Gasteiger charge is -2.33. The van der Waals surface area contributed by atoms with Crippen molar-refractivity contribution in [1.82, 2.24) is 14.6 Å². The van der Waals surface area contributed by atoms with Crippen LogP contribution < -0.4 is 5.32 Å². The number of carbonyl (C=O) groups is 1. The highest BCUT2D eigenvalue weighted by molar-refractivity contribution is 7.16. The average molecular weight is 530 g/mol. The smallest absolute Gasteiger partial charge is 0.311 e. The van der Waals surface area contributed by atoms with Crippen LogP contribution in [0.4, 0.5) is 18.2 Å². The molecular weight excluding hydrogens is 507 g/mol. The summed E-state index contributed by atoms with van der Waals surface area (Å²) in [6, 6.07) is 7.77. The van der Waals surface area contributed by atoms with E-state index in [-0.39, 0.29) is 22.5 Å². The maximum atomic E-state index is 13.8. The number of nitrogens with one attached hydrogen (secondary N) is 1. The molecule has 11 heteroatoms. The molecule has 4 aromatic rings. The van der Waals surface area contributed by atoms with Gasteiger partial charge in [-0.15, -0.1) is 22.7 Å². The van der Waals surface area contributed by atoms with E-state index in [1.165, 1.54) is 28.7 Å². The molecule has 0 aromatic carbocycles. The fourth-order valence-corrected chi connectivity index (χ4v) is 6.50. The first-order valence-corrected chi connectivity index (χ1v) is 13.0. The topological polar surface area (TPSA) is 83.1 Å². The molecule has 36 heavy (non-hydrogen) atoms. The number of halogens is 3. The molecule has 186 valence electrons. The van der Waals surface area contributed by atoms with Crippen molar-refractivity contribution in [3.8, 4) is 16.6 Å². The number of rotatable bonds is 3. The van der Waals surface area contributed by atoms with Crippen LogP contribution in [0.25, 0.3) is 16.2 Å². The van der Waals surface area contributed by atoms with Crippen molar-refractivity contribution in [1.29, 1.82) is 5.26 Å². The lowest BCUT2D eigenvalue weighted by atomic mass is 9.72. The molecule has 6 nitrogen and oxygen atoms in total. The van der Waals surface area contributed by atoms with Gasteiger partial charge in [0.15, 0.2) is 17.0 Å². The van der Waals surface area contributed by atoms with Gasteiger partial charge in [0.05, 0.1) is 16.1 Å². The molecule has 4 aromatic heterocycles. The number of hydrogen-bond acceptors (Lipinski definition) is 6. The first-order valence-electron chi connectivity index (χ1n) is 11.3. The van der Waals surface area contributed by atoms with E-state index in [1.807, 2.05) is 0 Å². The van der Waals surface area contributed by atoms with Crippen LogP contribution in [0.2, 0.25) is 0 Å². The molecule has 0 saturated carbocycles. The van der Waals surface area contributed by atoms with E-state index < -0.39 is 17.8 Å². The van der Waals surface area contributed by atoms with E-state index in [4.69, 9.17) is 0 Å². The largest absolute Gasteiger partial charge is 0.433 e. The second-order valence-corrected chi connectivity index (χ2v) is 11.9. The number of fused-ring (bicyclic) bond motifs is 2. The number of nitrogens with zero attached hydrogens (tertiary/aromatic N) is 4. The summed E-state index contributed by atoms with van der Waals surface area (Å²) in [6.07, 6.45) is -2.16. The Labute approximate surface area is 213 Å². The molecule has 0 bridgehead atoms. The Balaban J connectivity index is 1.49. The molecule has 0 aliphatic heterocycles. The number of alkyl halides is 3. The standard InChI is InChI=1S/C25H22F3N5OS2/c1-24(2,3)13-6-7-14-15(12-29)23(36-19(14)9-13)31-22(34)17-11-21-30-16(18-5-4-8-35-18)10-20(25(26,27)28)33(21)32-17/h4-5,8,10-11,13H,6-7,9H2,1-3H3,(H,31,34)/t13-/m0/s1. The van der Waals surface area contributed by atoms with Gasteiger partial charge < -0.3 is 5.32 Å². The quantitative estimate of drug-likeness (QED) is 0.316. The number of anilines is 1. The van der Waals surface area contributed by atoms with Crippen molar-refractivity contribution in [3.63, 3.8) is 0 Å². The number of nitriles is 1. The maximum Gasteiger partial charge on any atom is 0.433 e. The van der Waals surface area contributed by atoms with Gasteiger partial charge in [0.1, 0.15) is 11.1 Å². The highest BCUT2D eigenvalue weighted by Gasteiger charge is 2.36. The van der Waals surface area contributed by atoms with Gasteiger partial charge in [0.2, 0.25) is 0 Å². The van der Waals surface area contributed by atoms with E-state index >= 15 is 0 Å². The van der Waals surface area contributed by atoms with E-state index in [9.17, 15) is 23.2 Å². The Morgan fingerprint density at radius 3 is 2.69 bits per heavy atom. The first-order chi connectivity index (χ1) is 17.0. The van der Waals surface area contributed by atoms with Gasteiger partial charge in [-0.25, -0.2) is 9.50 Å². The van der Waals surface area contributed by atoms with Gasteiger partial charge in [0.25, 0.3) is 5.91 Å². The zero-order chi connectivity index (χ0) is 25.8. The van der Waals surface area contributed by atoms with Crippen LogP contribution in [0.5, 0.6) is 0 Å². The summed E-state index contributed by atoms with van der Waals surface area (Å²) in [4.78, 5) is 19.0. The number of carbonyl (C=O) groups excluding carboxylic acids is 1. The molecule has 1 aliphatic rings. The van der Waals surface area contributed by atoms with Gasteiger partial charge in [-0.2, -0.15) is 23.5 Å². The average Bonchev–Trinajstić information content (AvgIpc) is 3.54. The van der Waals surface area contributed by atoms with Crippen molar-refractivity contribution in [3.05, 3.63) is 57.0 Å². The second-order valence-electron chi connectivity index (χ2n) is 9.88. The molecule has 0 saturated heterocycles. The Hall–Kier alpha value is -3.23. The van der Waals surface area contributed by atoms with Crippen LogP contribution in [-0.2, 0) is 19.0 Å². The minimum atomic E-state index is -4.70. The van der Waals surface area contributed by atoms with Gasteiger partial charge in [-0.1, -0.05) is 26.8 Å². The summed E-state index contributed by atoms with van der Waals surface area (Å²) in [5.74, 6) is -0.227. The van der Waals surface area contributed by atoms with Crippen molar-refractivity contribution in [2.24, 2.45) is 11.3 Å². The zero-order valence-corrected chi connectivity index (χ0v) is 21.4. The minimum Gasteiger partial charge on any atom is -0.311 e. The number of hydrogen-bond donors (Lipinski definition) is 1. The molecule has 0 unspecified atom stereocenters. The molecule has 0 spiro atoms. The monoisotopic (exact) mass is 529 g/mol. The fraction of sp³-hybridized carbons (Fsp3) is 0.360. The Bertz CT molecular complexity index is 1500. The molecule has 0 radical (unpaired) electrons. The Kier molecular flexibility index (Phi) is 5.92. The van der Waals surface area contributed by atoms with Crippen molar-refractivity contribution < 1.29 is 18.0 Å². The summed E-state index contributed by atoms with van der Waals surface area (Å²) in [6.45, 7) is 6.59. The third-order valence-corrected chi connectivity index (χ3v) is 8.61. The third kappa shape index (κ3) is 4.40. The number of aromatic nitrogens is 3. The second kappa shape index (κ2) is 8.71. The zero-order valence-electron chi connectivity index (χ0n) is 19.7. The predicted octanol–water partition coefficient (Wildman–Crippen LogP) is 6.81. The highest BCUT2D eigenvalue weighted by atomic mass is 32.1. The summed E-state index contributed by atoms with van der Waals surface area (Å²) < 4.78 is 42.1. The minimum absolute atomic E-state index is 0.0858. The van der Waals surface area contributed by atoms with E-state index in [0.29, 0.717) is 25.9 Å². The van der Waals surface area contributed by atoms with Gasteiger partial charge in [-0.3, -0.25) is 4.79 Å². The fourth-order valence-electron chi connectivity index (χ4n) is 4.54. The predicted molar refractivity (Wildman–Crippen MR) is 133 cm³/mol. The lowest BCUT2D eigenvalue weighted by molar-refractivity contribution is -0.142. The molecular formula is C25H22F3N5OS2. The van der Waals surface area contributed by atoms with Crippen LogP contribution in [0.3, 0.4) is 0 Å². The van der Waals surface area contributed by atoms with Crippen molar-refractivity contribution in [2.45, 2.75) is 46.2 Å². The summed E-state index contributed by atoms with van der Waals surface area (Å²) in [5.41, 5.74) is 0.342. The van der Waals surface area contributed by atoms with Crippen LogP contribution in [0.1, 0.15) is 59.4 Å². The van der Waals surface area contributed by atoms with Gasteiger partial charge >= 0.3 is 6.18 Å². The van der Waals surface area contributed by atoms with Crippen molar-refractivity contribution >= 4 is 39.2 Å². The van der Waals surface area contributed by atoms with Crippen LogP contribution in [0.15, 0.2) is 29.6 Å². The maximum absolute atomic E-state index is 13.8. The van der Waals surface area contributed by atoms with Crippen LogP contribution in [0, 0.1) is 22.7 Å². The Morgan fingerprint density at radius 2 is 2.06 bits per heavy atom. The van der Waals surface area contributed by atoms with Crippen LogP contribution >= 0.6 is 22.7 Å². The lowest BCUT2D eigenvalue weighted by Crippen LogP contribution is -2.26. The van der Waals surface area contributed by atoms with E-state index in [2.05, 4.69) is 42.2 Å². The third-order valence-electron chi connectivity index (χ3n) is 6.55. The highest BCUT2D eigenvalue weighted by Crippen LogP contribution is 2.44. The molecule has 1 amide bonds. The Morgan fingerprint density at radius 1 is 1.28 bits per heavy atom. The van der Waals surface area contributed by atoms with Crippen LogP contribution in [-0.4, -0.2) is 20.5 Å². The number of amides is 1. The summed E-state index contributed by atoms with van der Waals surface area (Å²) >= 11 is 2.63. The number of thiophene rings is 2. The summed E-state index contributed by atoms with van der Waals surface area (Å²) in [7, 11) is 0. The normalized spacial score (nSPS) is 16.1. The molecule has 1 atom stereocenters. The molecule has 4 heterocycles. The first kappa shape index (κ1) is 24.5. The molecule has 1 N–H and O–H groups in total. The molecule has 5 rings (SSSR count). The molecule has 0 fully saturated rings. The van der Waals surface area contributed by atoms with E-state index in [1.54, 1.807) is 17.5 Å². The van der Waals surface area contributed by atoms with Crippen molar-refractivity contribution in [2.75, 3.05) is 5.32 Å². The molecule has 1 aliphatic carbocycles.